The number of hydrogen-bond acceptors (Lipinski definition) is 5. The molecule has 3 fully saturated rings. The Kier molecular flexibility index (Phi) is 3.96. The van der Waals surface area contributed by atoms with Crippen molar-refractivity contribution in [2.45, 2.75) is 49.5 Å². The third kappa shape index (κ3) is 3.29. The van der Waals surface area contributed by atoms with Crippen LogP contribution in [0.4, 0.5) is 15.9 Å². The zero-order chi connectivity index (χ0) is 22.2. The van der Waals surface area contributed by atoms with Crippen LogP contribution in [0.25, 0.3) is 0 Å². The SMILES string of the molecule is O=C(NC1(c2ccc3c(n2)C2CC2CN3c2ccnc(C3CC3)n2)CC1)c1ccc(F)cc1. The van der Waals surface area contributed by atoms with Gasteiger partial charge in [0.2, 0.25) is 0 Å². The average Bonchev–Trinajstić information content (AvgIpc) is 3.69. The number of benzene rings is 1. The van der Waals surface area contributed by atoms with Crippen molar-refractivity contribution in [2.75, 3.05) is 11.4 Å². The Morgan fingerprint density at radius 3 is 2.64 bits per heavy atom. The Hall–Kier alpha value is -3.35. The maximum atomic E-state index is 13.2. The maximum Gasteiger partial charge on any atom is 0.252 e. The summed E-state index contributed by atoms with van der Waals surface area (Å²) in [6, 6.07) is 11.9. The number of rotatable bonds is 5. The molecule has 1 aromatic carbocycles. The molecule has 6 nitrogen and oxygen atoms in total. The minimum Gasteiger partial charge on any atom is -0.341 e. The lowest BCUT2D eigenvalue weighted by Crippen LogP contribution is -2.36. The standard InChI is InChI=1S/C26H24FN5O/c27-18-5-3-16(4-6-18)25(33)31-26(10-11-26)21-8-7-20-23(29-21)19-13-17(19)14-32(20)22-9-12-28-24(30-22)15-1-2-15/h3-9,12,15,17,19H,1-2,10-11,13-14H2,(H,31,33). The van der Waals surface area contributed by atoms with Gasteiger partial charge in [-0.15, -0.1) is 0 Å². The maximum absolute atomic E-state index is 13.2. The summed E-state index contributed by atoms with van der Waals surface area (Å²) in [5.41, 5.74) is 3.20. The van der Waals surface area contributed by atoms with Gasteiger partial charge in [0, 0.05) is 30.1 Å². The highest BCUT2D eigenvalue weighted by Crippen LogP contribution is 2.56. The second-order valence-electron chi connectivity index (χ2n) is 9.90. The van der Waals surface area contributed by atoms with Gasteiger partial charge in [0.25, 0.3) is 5.91 Å². The van der Waals surface area contributed by atoms with Gasteiger partial charge in [0.05, 0.1) is 22.6 Å². The fourth-order valence-electron chi connectivity index (χ4n) is 5.08. The highest BCUT2D eigenvalue weighted by atomic mass is 19.1. The van der Waals surface area contributed by atoms with E-state index in [4.69, 9.17) is 9.97 Å². The third-order valence-corrected chi connectivity index (χ3v) is 7.46. The first-order chi connectivity index (χ1) is 16.1. The van der Waals surface area contributed by atoms with E-state index >= 15 is 0 Å². The van der Waals surface area contributed by atoms with Gasteiger partial charge in [0.15, 0.2) is 0 Å². The Labute approximate surface area is 191 Å². The van der Waals surface area contributed by atoms with Gasteiger partial charge in [-0.05, 0) is 80.5 Å². The molecule has 2 aromatic heterocycles. The van der Waals surface area contributed by atoms with Crippen molar-refractivity contribution in [3.63, 3.8) is 0 Å². The molecule has 7 heteroatoms. The molecule has 3 saturated carbocycles. The van der Waals surface area contributed by atoms with E-state index in [1.54, 1.807) is 0 Å². The van der Waals surface area contributed by atoms with Gasteiger partial charge < -0.3 is 10.2 Å². The molecule has 1 amide bonds. The Morgan fingerprint density at radius 2 is 1.88 bits per heavy atom. The number of hydrogen-bond donors (Lipinski definition) is 1. The molecule has 33 heavy (non-hydrogen) atoms. The molecule has 2 atom stereocenters. The highest BCUT2D eigenvalue weighted by molar-refractivity contribution is 5.95. The molecule has 1 N–H and O–H groups in total. The van der Waals surface area contributed by atoms with E-state index in [-0.39, 0.29) is 11.7 Å². The van der Waals surface area contributed by atoms with Gasteiger partial charge in [-0.25, -0.2) is 14.4 Å². The van der Waals surface area contributed by atoms with Crippen LogP contribution in [-0.2, 0) is 5.54 Å². The third-order valence-electron chi connectivity index (χ3n) is 7.46. The van der Waals surface area contributed by atoms with Crippen LogP contribution in [0.15, 0.2) is 48.7 Å². The second kappa shape index (κ2) is 6.83. The number of anilines is 2. The summed E-state index contributed by atoms with van der Waals surface area (Å²) < 4.78 is 13.2. The van der Waals surface area contributed by atoms with Crippen molar-refractivity contribution in [1.29, 1.82) is 0 Å². The van der Waals surface area contributed by atoms with Crippen LogP contribution in [0.1, 0.15) is 71.5 Å². The fourth-order valence-corrected chi connectivity index (χ4v) is 5.08. The molecule has 4 aliphatic rings. The number of fused-ring (bicyclic) bond motifs is 3. The van der Waals surface area contributed by atoms with Crippen molar-refractivity contribution in [2.24, 2.45) is 5.92 Å². The molecule has 7 rings (SSSR count). The first-order valence-electron chi connectivity index (χ1n) is 11.8. The van der Waals surface area contributed by atoms with E-state index in [2.05, 4.69) is 27.3 Å². The number of nitrogens with one attached hydrogen (secondary N) is 1. The van der Waals surface area contributed by atoms with Crippen LogP contribution < -0.4 is 10.2 Å². The summed E-state index contributed by atoms with van der Waals surface area (Å²) in [5, 5.41) is 3.17. The molecule has 0 bridgehead atoms. The summed E-state index contributed by atoms with van der Waals surface area (Å²) in [5.74, 6) is 2.98. The van der Waals surface area contributed by atoms with Crippen LogP contribution >= 0.6 is 0 Å². The lowest BCUT2D eigenvalue weighted by Gasteiger charge is -2.30. The molecule has 166 valence electrons. The fraction of sp³-hybridized carbons (Fsp3) is 0.385. The minimum atomic E-state index is -0.429. The van der Waals surface area contributed by atoms with Crippen molar-refractivity contribution < 1.29 is 9.18 Å². The molecule has 1 aliphatic heterocycles. The van der Waals surface area contributed by atoms with Crippen molar-refractivity contribution in [1.82, 2.24) is 20.3 Å². The number of carbonyl (C=O) groups is 1. The molecule has 0 radical (unpaired) electrons. The molecule has 3 heterocycles. The van der Waals surface area contributed by atoms with Crippen LogP contribution in [-0.4, -0.2) is 27.4 Å². The van der Waals surface area contributed by atoms with Gasteiger partial charge in [-0.2, -0.15) is 0 Å². The molecule has 2 unspecified atom stereocenters. The molecular formula is C26H24FN5O. The monoisotopic (exact) mass is 441 g/mol. The van der Waals surface area contributed by atoms with Crippen LogP contribution in [0, 0.1) is 11.7 Å². The van der Waals surface area contributed by atoms with E-state index in [0.717, 1.165) is 54.5 Å². The topological polar surface area (TPSA) is 71.0 Å². The summed E-state index contributed by atoms with van der Waals surface area (Å²) >= 11 is 0. The highest BCUT2D eigenvalue weighted by Gasteiger charge is 2.51. The zero-order valence-electron chi connectivity index (χ0n) is 18.2. The van der Waals surface area contributed by atoms with Crippen molar-refractivity contribution >= 4 is 17.4 Å². The zero-order valence-corrected chi connectivity index (χ0v) is 18.2. The van der Waals surface area contributed by atoms with Gasteiger partial charge in [0.1, 0.15) is 17.5 Å². The summed E-state index contributed by atoms with van der Waals surface area (Å²) in [6.07, 6.45) is 7.11. The normalized spacial score (nSPS) is 24.0. The number of nitrogens with zero attached hydrogens (tertiary/aromatic N) is 4. The Morgan fingerprint density at radius 1 is 1.06 bits per heavy atom. The van der Waals surface area contributed by atoms with E-state index < -0.39 is 5.54 Å². The lowest BCUT2D eigenvalue weighted by atomic mass is 10.0. The van der Waals surface area contributed by atoms with Crippen molar-refractivity contribution in [3.05, 3.63) is 77.3 Å². The summed E-state index contributed by atoms with van der Waals surface area (Å²) in [7, 11) is 0. The van der Waals surface area contributed by atoms with Crippen molar-refractivity contribution in [3.8, 4) is 0 Å². The number of pyridine rings is 1. The number of aromatic nitrogens is 3. The summed E-state index contributed by atoms with van der Waals surface area (Å²) in [6.45, 7) is 0.965. The quantitative estimate of drug-likeness (QED) is 0.628. The van der Waals surface area contributed by atoms with E-state index in [1.165, 1.54) is 37.1 Å². The van der Waals surface area contributed by atoms with Crippen LogP contribution in [0.3, 0.4) is 0 Å². The van der Waals surface area contributed by atoms with Crippen LogP contribution in [0.5, 0.6) is 0 Å². The molecular weight excluding hydrogens is 417 g/mol. The minimum absolute atomic E-state index is 0.188. The predicted octanol–water partition coefficient (Wildman–Crippen LogP) is 4.56. The first kappa shape index (κ1) is 19.1. The second-order valence-corrected chi connectivity index (χ2v) is 9.90. The van der Waals surface area contributed by atoms with Crippen LogP contribution in [0.2, 0.25) is 0 Å². The Bertz CT molecular complexity index is 1270. The smallest absolute Gasteiger partial charge is 0.252 e. The average molecular weight is 442 g/mol. The van der Waals surface area contributed by atoms with E-state index in [9.17, 15) is 9.18 Å². The van der Waals surface area contributed by atoms with Gasteiger partial charge in [-0.1, -0.05) is 0 Å². The molecule has 0 saturated heterocycles. The summed E-state index contributed by atoms with van der Waals surface area (Å²) in [4.78, 5) is 29.6. The predicted molar refractivity (Wildman–Crippen MR) is 121 cm³/mol. The first-order valence-corrected chi connectivity index (χ1v) is 11.8. The molecule has 0 spiro atoms. The number of carbonyl (C=O) groups excluding carboxylic acids is 1. The number of amides is 1. The Balaban J connectivity index is 1.19. The van der Waals surface area contributed by atoms with Gasteiger partial charge >= 0.3 is 0 Å². The lowest BCUT2D eigenvalue weighted by molar-refractivity contribution is 0.0929. The molecule has 3 aromatic rings. The van der Waals surface area contributed by atoms with E-state index in [1.807, 2.05) is 12.3 Å². The van der Waals surface area contributed by atoms with Gasteiger partial charge in [-0.3, -0.25) is 9.78 Å². The molecule has 3 aliphatic carbocycles. The largest absolute Gasteiger partial charge is 0.341 e. The number of halogens is 1. The van der Waals surface area contributed by atoms with E-state index in [0.29, 0.717) is 23.3 Å².